The highest BCUT2D eigenvalue weighted by atomic mass is 16.6. The molecule has 7 heteroatoms. The molecule has 0 aliphatic heterocycles. The maximum Gasteiger partial charge on any atom is 0.271 e. The predicted molar refractivity (Wildman–Crippen MR) is 107 cm³/mol. The van der Waals surface area contributed by atoms with Gasteiger partial charge in [0.25, 0.3) is 5.69 Å². The van der Waals surface area contributed by atoms with Crippen molar-refractivity contribution in [3.8, 4) is 5.75 Å². The van der Waals surface area contributed by atoms with Crippen LogP contribution in [0.1, 0.15) is 38.7 Å². The summed E-state index contributed by atoms with van der Waals surface area (Å²) in [4.78, 5) is 22.9. The van der Waals surface area contributed by atoms with Gasteiger partial charge in [-0.15, -0.1) is 0 Å². The van der Waals surface area contributed by atoms with Crippen LogP contribution >= 0.6 is 0 Å². The number of amides is 1. The van der Waals surface area contributed by atoms with Gasteiger partial charge in [-0.1, -0.05) is 26.0 Å². The molecule has 0 aromatic heterocycles. The van der Waals surface area contributed by atoms with Crippen LogP contribution < -0.4 is 15.4 Å². The lowest BCUT2D eigenvalue weighted by Gasteiger charge is -2.17. The zero-order chi connectivity index (χ0) is 20.0. The van der Waals surface area contributed by atoms with Gasteiger partial charge in [-0.3, -0.25) is 14.9 Å². The second kappa shape index (κ2) is 9.02. The molecule has 2 rings (SSSR count). The number of hydrogen-bond donors (Lipinski definition) is 2. The smallest absolute Gasteiger partial charge is 0.271 e. The Morgan fingerprint density at radius 3 is 2.41 bits per heavy atom. The minimum atomic E-state index is -0.539. The number of benzene rings is 2. The van der Waals surface area contributed by atoms with Crippen LogP contribution in [0.25, 0.3) is 0 Å². The predicted octanol–water partition coefficient (Wildman–Crippen LogP) is 4.56. The van der Waals surface area contributed by atoms with E-state index in [1.807, 2.05) is 24.3 Å². The highest BCUT2D eigenvalue weighted by Crippen LogP contribution is 2.29. The molecule has 0 radical (unpaired) electrons. The van der Waals surface area contributed by atoms with Crippen molar-refractivity contribution in [1.82, 2.24) is 0 Å². The Balaban J connectivity index is 2.07. The highest BCUT2D eigenvalue weighted by molar-refractivity contribution is 5.97. The minimum Gasteiger partial charge on any atom is -0.495 e. The fourth-order valence-electron chi connectivity index (χ4n) is 2.61. The van der Waals surface area contributed by atoms with Gasteiger partial charge in [-0.2, -0.15) is 0 Å². The lowest BCUT2D eigenvalue weighted by atomic mass is 9.98. The first-order valence-corrected chi connectivity index (χ1v) is 8.85. The van der Waals surface area contributed by atoms with Gasteiger partial charge in [-0.25, -0.2) is 0 Å². The Bertz CT molecular complexity index is 805. The maximum absolute atomic E-state index is 12.5. The minimum absolute atomic E-state index is 0.118. The summed E-state index contributed by atoms with van der Waals surface area (Å²) in [7, 11) is 1.44. The van der Waals surface area contributed by atoms with Crippen LogP contribution in [-0.4, -0.2) is 24.0 Å². The summed E-state index contributed by atoms with van der Waals surface area (Å²) in [6.07, 6.45) is 1.07. The van der Waals surface area contributed by atoms with E-state index >= 15 is 0 Å². The van der Waals surface area contributed by atoms with Crippen LogP contribution in [0.15, 0.2) is 42.5 Å². The Morgan fingerprint density at radius 2 is 1.85 bits per heavy atom. The van der Waals surface area contributed by atoms with Gasteiger partial charge < -0.3 is 15.4 Å². The lowest BCUT2D eigenvalue weighted by Crippen LogP contribution is -2.32. The molecule has 0 heterocycles. The highest BCUT2D eigenvalue weighted by Gasteiger charge is 2.17. The van der Waals surface area contributed by atoms with Gasteiger partial charge in [0.15, 0.2) is 0 Å². The molecule has 0 fully saturated rings. The van der Waals surface area contributed by atoms with E-state index in [4.69, 9.17) is 4.74 Å². The zero-order valence-electron chi connectivity index (χ0n) is 16.0. The molecule has 0 unspecified atom stereocenters. The molecule has 0 aliphatic rings. The van der Waals surface area contributed by atoms with Crippen molar-refractivity contribution in [2.45, 2.75) is 39.2 Å². The molecule has 0 saturated carbocycles. The maximum atomic E-state index is 12.5. The van der Waals surface area contributed by atoms with Crippen LogP contribution in [-0.2, 0) is 4.79 Å². The first-order chi connectivity index (χ1) is 12.8. The number of nitro benzene ring substituents is 1. The van der Waals surface area contributed by atoms with Crippen molar-refractivity contribution in [2.24, 2.45) is 0 Å². The summed E-state index contributed by atoms with van der Waals surface area (Å²) < 4.78 is 5.17. The Hall–Kier alpha value is -3.09. The van der Waals surface area contributed by atoms with Crippen molar-refractivity contribution in [1.29, 1.82) is 0 Å². The van der Waals surface area contributed by atoms with E-state index < -0.39 is 11.0 Å². The molecule has 2 N–H and O–H groups in total. The number of nitro groups is 1. The summed E-state index contributed by atoms with van der Waals surface area (Å²) >= 11 is 0. The third kappa shape index (κ3) is 5.20. The van der Waals surface area contributed by atoms with Gasteiger partial charge in [-0.05, 0) is 43.0 Å². The summed E-state index contributed by atoms with van der Waals surface area (Å²) in [6.45, 7) is 6.04. The number of hydrogen-bond acceptors (Lipinski definition) is 5. The Kier molecular flexibility index (Phi) is 6.76. The van der Waals surface area contributed by atoms with E-state index in [9.17, 15) is 14.9 Å². The second-order valence-electron chi connectivity index (χ2n) is 6.43. The van der Waals surface area contributed by atoms with Gasteiger partial charge in [0.05, 0.1) is 17.7 Å². The topological polar surface area (TPSA) is 93.5 Å². The number of carbonyl (C=O) groups excluding carboxylic acids is 1. The molecular formula is C20H25N3O4. The largest absolute Gasteiger partial charge is 0.495 e. The number of nitrogens with one attached hydrogen (secondary N) is 2. The van der Waals surface area contributed by atoms with Crippen molar-refractivity contribution >= 4 is 23.0 Å². The summed E-state index contributed by atoms with van der Waals surface area (Å²) in [6, 6.07) is 11.5. The summed E-state index contributed by atoms with van der Waals surface area (Å²) in [5.74, 6) is 0.528. The Labute approximate surface area is 158 Å². The number of non-ortho nitro benzene ring substituents is 1. The van der Waals surface area contributed by atoms with Crippen molar-refractivity contribution in [2.75, 3.05) is 17.7 Å². The van der Waals surface area contributed by atoms with Crippen LogP contribution in [0, 0.1) is 10.1 Å². The van der Waals surface area contributed by atoms with Crippen molar-refractivity contribution < 1.29 is 14.5 Å². The van der Waals surface area contributed by atoms with Crippen molar-refractivity contribution in [3.63, 3.8) is 0 Å². The molecule has 1 amide bonds. The number of methoxy groups -OCH3 is 1. The Morgan fingerprint density at radius 1 is 1.19 bits per heavy atom. The molecule has 0 bridgehead atoms. The molecular weight excluding hydrogens is 346 g/mol. The van der Waals surface area contributed by atoms with Crippen molar-refractivity contribution in [3.05, 3.63) is 58.1 Å². The molecule has 2 aromatic carbocycles. The van der Waals surface area contributed by atoms with E-state index in [2.05, 4.69) is 24.5 Å². The van der Waals surface area contributed by atoms with Crippen LogP contribution in [0.5, 0.6) is 5.75 Å². The average Bonchev–Trinajstić information content (AvgIpc) is 2.67. The molecule has 0 aliphatic carbocycles. The number of anilines is 2. The van der Waals surface area contributed by atoms with E-state index in [1.54, 1.807) is 6.92 Å². The van der Waals surface area contributed by atoms with Gasteiger partial charge in [0, 0.05) is 17.8 Å². The van der Waals surface area contributed by atoms with E-state index in [-0.39, 0.29) is 17.3 Å². The van der Waals surface area contributed by atoms with Gasteiger partial charge in [0.2, 0.25) is 5.91 Å². The van der Waals surface area contributed by atoms with Crippen LogP contribution in [0.2, 0.25) is 0 Å². The SMILES string of the molecule is CC[C@H](C)c1ccc(N[C@H](C)C(=O)Nc2cc([N+](=O)[O-])ccc2OC)cc1. The lowest BCUT2D eigenvalue weighted by molar-refractivity contribution is -0.384. The first kappa shape index (κ1) is 20.2. The van der Waals surface area contributed by atoms with Gasteiger partial charge >= 0.3 is 0 Å². The summed E-state index contributed by atoms with van der Waals surface area (Å²) in [5, 5.41) is 16.8. The first-order valence-electron chi connectivity index (χ1n) is 8.85. The molecule has 0 spiro atoms. The third-order valence-electron chi connectivity index (χ3n) is 4.52. The second-order valence-corrected chi connectivity index (χ2v) is 6.43. The molecule has 27 heavy (non-hydrogen) atoms. The van der Waals surface area contributed by atoms with E-state index in [0.717, 1.165) is 12.1 Å². The molecule has 0 saturated heterocycles. The fraction of sp³-hybridized carbons (Fsp3) is 0.350. The van der Waals surface area contributed by atoms with Crippen LogP contribution in [0.4, 0.5) is 17.1 Å². The number of ether oxygens (including phenoxy) is 1. The molecule has 7 nitrogen and oxygen atoms in total. The molecule has 2 atom stereocenters. The number of carbonyl (C=O) groups is 1. The van der Waals surface area contributed by atoms with E-state index in [0.29, 0.717) is 11.7 Å². The van der Waals surface area contributed by atoms with Gasteiger partial charge in [0.1, 0.15) is 11.8 Å². The normalized spacial score (nSPS) is 12.7. The monoisotopic (exact) mass is 371 g/mol. The quantitative estimate of drug-likeness (QED) is 0.524. The molecule has 2 aromatic rings. The van der Waals surface area contributed by atoms with Crippen LogP contribution in [0.3, 0.4) is 0 Å². The average molecular weight is 371 g/mol. The fourth-order valence-corrected chi connectivity index (χ4v) is 2.61. The zero-order valence-corrected chi connectivity index (χ0v) is 16.0. The molecule has 144 valence electrons. The third-order valence-corrected chi connectivity index (χ3v) is 4.52. The number of nitrogens with zero attached hydrogens (tertiary/aromatic N) is 1. The van der Waals surface area contributed by atoms with E-state index in [1.165, 1.54) is 30.9 Å². The number of rotatable bonds is 8. The standard InChI is InChI=1S/C20H25N3O4/c1-5-13(2)15-6-8-16(9-7-15)21-14(3)20(24)22-18-12-17(23(25)26)10-11-19(18)27-4/h6-14,21H,5H2,1-4H3,(H,22,24)/t13-,14+/m0/s1. The summed E-state index contributed by atoms with van der Waals surface area (Å²) in [5.41, 5.74) is 2.22.